The minimum atomic E-state index is 0.227. The van der Waals surface area contributed by atoms with Gasteiger partial charge in [-0.15, -0.1) is 11.3 Å². The molecule has 112 valence electrons. The van der Waals surface area contributed by atoms with E-state index in [4.69, 9.17) is 0 Å². The molecular weight excluding hydrogens is 280 g/mol. The van der Waals surface area contributed by atoms with Crippen LogP contribution in [-0.4, -0.2) is 31.4 Å². The maximum Gasteiger partial charge on any atom is 0.223 e. The van der Waals surface area contributed by atoms with Crippen LogP contribution in [0.15, 0.2) is 29.6 Å². The Kier molecular flexibility index (Phi) is 4.27. The second-order valence-electron chi connectivity index (χ2n) is 6.04. The molecule has 1 aromatic heterocycles. The predicted molar refractivity (Wildman–Crippen MR) is 88.6 cm³/mol. The van der Waals surface area contributed by atoms with Crippen LogP contribution < -0.4 is 5.32 Å². The Balaban J connectivity index is 1.76. The van der Waals surface area contributed by atoms with Gasteiger partial charge in [0.05, 0.1) is 6.04 Å². The second-order valence-corrected chi connectivity index (χ2v) is 6.95. The quantitative estimate of drug-likeness (QED) is 0.918. The molecule has 1 saturated carbocycles. The van der Waals surface area contributed by atoms with E-state index in [1.54, 1.807) is 11.3 Å². The van der Waals surface area contributed by atoms with Crippen molar-refractivity contribution in [3.8, 4) is 0 Å². The fourth-order valence-corrected chi connectivity index (χ4v) is 3.85. The number of fused-ring (bicyclic) bond motifs is 1. The Morgan fingerprint density at radius 3 is 2.81 bits per heavy atom. The van der Waals surface area contributed by atoms with Gasteiger partial charge in [-0.2, -0.15) is 0 Å². The smallest absolute Gasteiger partial charge is 0.223 e. The topological polar surface area (TPSA) is 32.3 Å². The molecule has 1 aliphatic rings. The first-order valence-corrected chi connectivity index (χ1v) is 8.45. The number of thiophene rings is 1. The Morgan fingerprint density at radius 2 is 2.14 bits per heavy atom. The lowest BCUT2D eigenvalue weighted by Crippen LogP contribution is -2.39. The van der Waals surface area contributed by atoms with Gasteiger partial charge >= 0.3 is 0 Å². The van der Waals surface area contributed by atoms with Gasteiger partial charge in [0.2, 0.25) is 5.91 Å². The molecule has 21 heavy (non-hydrogen) atoms. The van der Waals surface area contributed by atoms with Crippen molar-refractivity contribution in [3.05, 3.63) is 35.2 Å². The number of rotatable bonds is 5. The molecule has 3 rings (SSSR count). The van der Waals surface area contributed by atoms with Crippen LogP contribution in [0.2, 0.25) is 0 Å². The minimum absolute atomic E-state index is 0.227. The maximum atomic E-state index is 12.1. The van der Waals surface area contributed by atoms with Crippen LogP contribution in [-0.2, 0) is 4.79 Å². The molecule has 1 aromatic carbocycles. The summed E-state index contributed by atoms with van der Waals surface area (Å²) in [6.07, 6.45) is 3.31. The summed E-state index contributed by atoms with van der Waals surface area (Å²) in [5, 5.41) is 6.67. The third-order valence-corrected chi connectivity index (χ3v) is 5.42. The number of hydrogen-bond donors (Lipinski definition) is 1. The fraction of sp³-hybridized carbons (Fsp3) is 0.471. The van der Waals surface area contributed by atoms with Crippen LogP contribution in [0.3, 0.4) is 0 Å². The van der Waals surface area contributed by atoms with E-state index in [1.165, 1.54) is 22.1 Å². The molecule has 0 bridgehead atoms. The van der Waals surface area contributed by atoms with E-state index in [0.717, 1.165) is 12.8 Å². The number of nitrogens with one attached hydrogen (secondary N) is 1. The Labute approximate surface area is 130 Å². The lowest BCUT2D eigenvalue weighted by molar-refractivity contribution is -0.127. The summed E-state index contributed by atoms with van der Waals surface area (Å²) in [5.74, 6) is 0.486. The highest BCUT2D eigenvalue weighted by Crippen LogP contribution is 2.32. The molecule has 1 amide bonds. The zero-order valence-corrected chi connectivity index (χ0v) is 13.5. The van der Waals surface area contributed by atoms with Gasteiger partial charge in [-0.25, -0.2) is 0 Å². The molecule has 1 fully saturated rings. The molecule has 4 heteroatoms. The van der Waals surface area contributed by atoms with Gasteiger partial charge < -0.3 is 10.2 Å². The third-order valence-electron chi connectivity index (χ3n) is 4.44. The third kappa shape index (κ3) is 2.97. The summed E-state index contributed by atoms with van der Waals surface area (Å²) in [4.78, 5) is 14.2. The molecular formula is C17H22N2OS. The average molecular weight is 302 g/mol. The fourth-order valence-electron chi connectivity index (χ4n) is 2.84. The molecule has 1 atom stereocenters. The van der Waals surface area contributed by atoms with Crippen molar-refractivity contribution in [2.24, 2.45) is 5.92 Å². The number of benzene rings is 1. The first-order valence-electron chi connectivity index (χ1n) is 7.57. The summed E-state index contributed by atoms with van der Waals surface area (Å²) in [6, 6.07) is 8.71. The predicted octanol–water partition coefficient (Wildman–Crippen LogP) is 3.42. The molecule has 0 spiro atoms. The van der Waals surface area contributed by atoms with Crippen LogP contribution in [0.25, 0.3) is 10.1 Å². The molecule has 0 radical (unpaired) electrons. The average Bonchev–Trinajstić information content (AvgIpc) is 2.81. The molecule has 2 aromatic rings. The Morgan fingerprint density at radius 1 is 1.38 bits per heavy atom. The zero-order valence-electron chi connectivity index (χ0n) is 12.6. The molecule has 1 N–H and O–H groups in total. The molecule has 3 nitrogen and oxygen atoms in total. The van der Waals surface area contributed by atoms with E-state index in [-0.39, 0.29) is 17.9 Å². The Bertz CT molecular complexity index is 631. The summed E-state index contributed by atoms with van der Waals surface area (Å²) in [7, 11) is 4.15. The van der Waals surface area contributed by atoms with Crippen LogP contribution in [0, 0.1) is 5.92 Å². The summed E-state index contributed by atoms with van der Waals surface area (Å²) in [6.45, 7) is 0.684. The van der Waals surface area contributed by atoms with Gasteiger partial charge in [-0.3, -0.25) is 4.79 Å². The van der Waals surface area contributed by atoms with Gasteiger partial charge in [-0.1, -0.05) is 24.6 Å². The summed E-state index contributed by atoms with van der Waals surface area (Å²) < 4.78 is 1.31. The van der Waals surface area contributed by atoms with Crippen molar-refractivity contribution in [2.45, 2.75) is 25.3 Å². The van der Waals surface area contributed by atoms with E-state index in [1.807, 2.05) is 0 Å². The molecule has 0 aliphatic heterocycles. The SMILES string of the molecule is CN(C)C(CNC(=O)C1CCC1)c1csc2ccccc12. The number of nitrogens with zero attached hydrogens (tertiary/aromatic N) is 1. The highest BCUT2D eigenvalue weighted by Gasteiger charge is 2.26. The number of carbonyl (C=O) groups is 1. The Hall–Kier alpha value is -1.39. The lowest BCUT2D eigenvalue weighted by Gasteiger charge is -2.28. The second kappa shape index (κ2) is 6.16. The number of carbonyl (C=O) groups excluding carboxylic acids is 1. The van der Waals surface area contributed by atoms with Gasteiger partial charge in [-0.05, 0) is 49.3 Å². The highest BCUT2D eigenvalue weighted by atomic mass is 32.1. The van der Waals surface area contributed by atoms with Gasteiger partial charge in [0, 0.05) is 17.2 Å². The largest absolute Gasteiger partial charge is 0.354 e. The van der Waals surface area contributed by atoms with E-state index < -0.39 is 0 Å². The number of likely N-dealkylation sites (N-methyl/N-ethyl adjacent to an activating group) is 1. The van der Waals surface area contributed by atoms with Crippen molar-refractivity contribution in [1.82, 2.24) is 10.2 Å². The van der Waals surface area contributed by atoms with Gasteiger partial charge in [0.25, 0.3) is 0 Å². The van der Waals surface area contributed by atoms with Crippen LogP contribution in [0.4, 0.5) is 0 Å². The van der Waals surface area contributed by atoms with Gasteiger partial charge in [0.15, 0.2) is 0 Å². The molecule has 0 saturated heterocycles. The minimum Gasteiger partial charge on any atom is -0.354 e. The van der Waals surface area contributed by atoms with Gasteiger partial charge in [0.1, 0.15) is 0 Å². The van der Waals surface area contributed by atoms with Crippen molar-refractivity contribution >= 4 is 27.3 Å². The van der Waals surface area contributed by atoms with E-state index in [2.05, 4.69) is 54.0 Å². The monoisotopic (exact) mass is 302 g/mol. The maximum absolute atomic E-state index is 12.1. The van der Waals surface area contributed by atoms with Crippen LogP contribution in [0.1, 0.15) is 30.9 Å². The van der Waals surface area contributed by atoms with E-state index in [9.17, 15) is 4.79 Å². The van der Waals surface area contributed by atoms with Crippen molar-refractivity contribution in [1.29, 1.82) is 0 Å². The highest BCUT2D eigenvalue weighted by molar-refractivity contribution is 7.17. The van der Waals surface area contributed by atoms with Crippen LogP contribution >= 0.6 is 11.3 Å². The normalized spacial score (nSPS) is 16.9. The zero-order chi connectivity index (χ0) is 14.8. The molecule has 1 unspecified atom stereocenters. The number of amides is 1. The first-order chi connectivity index (χ1) is 10.2. The van der Waals surface area contributed by atoms with Crippen molar-refractivity contribution in [3.63, 3.8) is 0 Å². The standard InChI is InChI=1S/C17H22N2OS/c1-19(2)15(10-18-17(20)12-6-5-7-12)14-11-21-16-9-4-3-8-13(14)16/h3-4,8-9,11-12,15H,5-7,10H2,1-2H3,(H,18,20). The van der Waals surface area contributed by atoms with Crippen molar-refractivity contribution in [2.75, 3.05) is 20.6 Å². The van der Waals surface area contributed by atoms with E-state index >= 15 is 0 Å². The lowest BCUT2D eigenvalue weighted by atomic mass is 9.85. The summed E-state index contributed by atoms with van der Waals surface area (Å²) in [5.41, 5.74) is 1.31. The van der Waals surface area contributed by atoms with Crippen LogP contribution in [0.5, 0.6) is 0 Å². The first kappa shape index (κ1) is 14.5. The van der Waals surface area contributed by atoms with Crippen molar-refractivity contribution < 1.29 is 4.79 Å². The number of hydrogen-bond acceptors (Lipinski definition) is 3. The molecule has 1 aliphatic carbocycles. The molecule has 1 heterocycles. The summed E-state index contributed by atoms with van der Waals surface area (Å²) >= 11 is 1.78. The van der Waals surface area contributed by atoms with E-state index in [0.29, 0.717) is 6.54 Å².